The first-order valence-electron chi connectivity index (χ1n) is 6.73. The fraction of sp³-hybridized carbons (Fsp3) is 0.467. The van der Waals surface area contributed by atoms with Crippen LogP contribution in [0.1, 0.15) is 13.8 Å². The average Bonchev–Trinajstić information content (AvgIpc) is 2.48. The molecule has 6 heteroatoms. The summed E-state index contributed by atoms with van der Waals surface area (Å²) in [5.41, 5.74) is 0. The third-order valence-electron chi connectivity index (χ3n) is 2.66. The first kappa shape index (κ1) is 17.5. The summed E-state index contributed by atoms with van der Waals surface area (Å²) in [6, 6.07) is 9.59. The standard InChI is InChI=1S/C15H21NO4S/c1-11(14(17)16-9-10-19-3)20-15(18)12(2)21-13-7-5-4-6-8-13/h4-8,11-12H,9-10H2,1-3H3,(H,16,17)/t11-,12+/m0/s1. The molecule has 0 aliphatic carbocycles. The van der Waals surface area contributed by atoms with Gasteiger partial charge in [0.1, 0.15) is 5.25 Å². The largest absolute Gasteiger partial charge is 0.452 e. The molecule has 0 aliphatic rings. The molecular weight excluding hydrogens is 290 g/mol. The van der Waals surface area contributed by atoms with Gasteiger partial charge in [0.2, 0.25) is 0 Å². The summed E-state index contributed by atoms with van der Waals surface area (Å²) in [4.78, 5) is 24.6. The lowest BCUT2D eigenvalue weighted by Crippen LogP contribution is -2.38. The van der Waals surface area contributed by atoms with Gasteiger partial charge in [-0.3, -0.25) is 9.59 Å². The normalized spacial score (nSPS) is 13.3. The van der Waals surface area contributed by atoms with Crippen molar-refractivity contribution in [2.24, 2.45) is 0 Å². The van der Waals surface area contributed by atoms with Crippen LogP contribution in [0.2, 0.25) is 0 Å². The van der Waals surface area contributed by atoms with Gasteiger partial charge in [0.15, 0.2) is 6.10 Å². The summed E-state index contributed by atoms with van der Waals surface area (Å²) in [6.45, 7) is 4.13. The Morgan fingerprint density at radius 1 is 1.24 bits per heavy atom. The van der Waals surface area contributed by atoms with Gasteiger partial charge < -0.3 is 14.8 Å². The molecule has 0 bridgehead atoms. The van der Waals surface area contributed by atoms with Crippen LogP contribution in [-0.4, -0.2) is 43.5 Å². The zero-order chi connectivity index (χ0) is 15.7. The van der Waals surface area contributed by atoms with Crippen molar-refractivity contribution in [2.75, 3.05) is 20.3 Å². The molecule has 0 heterocycles. The number of hydrogen-bond acceptors (Lipinski definition) is 5. The van der Waals surface area contributed by atoms with Crippen molar-refractivity contribution < 1.29 is 19.1 Å². The molecule has 0 unspecified atom stereocenters. The Kier molecular flexibility index (Phi) is 7.85. The van der Waals surface area contributed by atoms with E-state index in [4.69, 9.17) is 9.47 Å². The highest BCUT2D eigenvalue weighted by Crippen LogP contribution is 2.23. The van der Waals surface area contributed by atoms with Crippen molar-refractivity contribution >= 4 is 23.6 Å². The molecule has 2 atom stereocenters. The second-order valence-electron chi connectivity index (χ2n) is 4.44. The topological polar surface area (TPSA) is 64.6 Å². The molecule has 1 rings (SSSR count). The van der Waals surface area contributed by atoms with Gasteiger partial charge >= 0.3 is 5.97 Å². The SMILES string of the molecule is COCCNC(=O)[C@H](C)OC(=O)[C@@H](C)Sc1ccccc1. The molecule has 5 nitrogen and oxygen atoms in total. The van der Waals surface area contributed by atoms with E-state index in [0.717, 1.165) is 4.90 Å². The minimum Gasteiger partial charge on any atom is -0.452 e. The van der Waals surface area contributed by atoms with Crippen molar-refractivity contribution in [1.82, 2.24) is 5.32 Å². The number of methoxy groups -OCH3 is 1. The fourth-order valence-electron chi connectivity index (χ4n) is 1.49. The first-order valence-corrected chi connectivity index (χ1v) is 7.61. The summed E-state index contributed by atoms with van der Waals surface area (Å²) in [5, 5.41) is 2.26. The maximum Gasteiger partial charge on any atom is 0.319 e. The Morgan fingerprint density at radius 2 is 1.90 bits per heavy atom. The number of thioether (sulfide) groups is 1. The van der Waals surface area contributed by atoms with Gasteiger partial charge in [-0.1, -0.05) is 18.2 Å². The average molecular weight is 311 g/mol. The van der Waals surface area contributed by atoms with Crippen molar-refractivity contribution in [3.63, 3.8) is 0 Å². The van der Waals surface area contributed by atoms with E-state index < -0.39 is 12.1 Å². The van der Waals surface area contributed by atoms with E-state index in [1.54, 1.807) is 21.0 Å². The predicted molar refractivity (Wildman–Crippen MR) is 82.2 cm³/mol. The van der Waals surface area contributed by atoms with Crippen LogP contribution in [0, 0.1) is 0 Å². The van der Waals surface area contributed by atoms with Crippen LogP contribution in [0.5, 0.6) is 0 Å². The van der Waals surface area contributed by atoms with E-state index in [2.05, 4.69) is 5.32 Å². The highest BCUT2D eigenvalue weighted by molar-refractivity contribution is 8.00. The molecule has 1 aromatic carbocycles. The number of carbonyl (C=O) groups excluding carboxylic acids is 2. The summed E-state index contributed by atoms with van der Waals surface area (Å²) in [6.07, 6.45) is -0.812. The number of benzene rings is 1. The lowest BCUT2D eigenvalue weighted by atomic mass is 10.3. The molecular formula is C15H21NO4S. The first-order chi connectivity index (χ1) is 10.0. The summed E-state index contributed by atoms with van der Waals surface area (Å²) in [7, 11) is 1.55. The van der Waals surface area contributed by atoms with E-state index in [1.165, 1.54) is 11.8 Å². The summed E-state index contributed by atoms with van der Waals surface area (Å²) < 4.78 is 10.00. The monoisotopic (exact) mass is 311 g/mol. The molecule has 0 aromatic heterocycles. The lowest BCUT2D eigenvalue weighted by Gasteiger charge is -2.16. The van der Waals surface area contributed by atoms with Gasteiger partial charge in [0.05, 0.1) is 6.61 Å². The van der Waals surface area contributed by atoms with Crippen molar-refractivity contribution in [3.8, 4) is 0 Å². The number of amides is 1. The van der Waals surface area contributed by atoms with Gasteiger partial charge in [-0.2, -0.15) is 0 Å². The molecule has 0 saturated carbocycles. The maximum absolute atomic E-state index is 11.9. The fourth-order valence-corrected chi connectivity index (χ4v) is 2.37. The van der Waals surface area contributed by atoms with Crippen LogP contribution in [0.25, 0.3) is 0 Å². The van der Waals surface area contributed by atoms with Crippen LogP contribution in [0.4, 0.5) is 0 Å². The number of hydrogen-bond donors (Lipinski definition) is 1. The van der Waals surface area contributed by atoms with Crippen LogP contribution in [0.3, 0.4) is 0 Å². The van der Waals surface area contributed by atoms with Crippen molar-refractivity contribution in [1.29, 1.82) is 0 Å². The van der Waals surface area contributed by atoms with E-state index in [-0.39, 0.29) is 11.2 Å². The van der Waals surface area contributed by atoms with E-state index >= 15 is 0 Å². The quantitative estimate of drug-likeness (QED) is 0.451. The molecule has 21 heavy (non-hydrogen) atoms. The van der Waals surface area contributed by atoms with E-state index in [0.29, 0.717) is 13.2 Å². The number of carbonyl (C=O) groups is 2. The van der Waals surface area contributed by atoms with Crippen molar-refractivity contribution in [3.05, 3.63) is 30.3 Å². The second-order valence-corrected chi connectivity index (χ2v) is 5.85. The number of ether oxygens (including phenoxy) is 2. The maximum atomic E-state index is 11.9. The van der Waals surface area contributed by atoms with Crippen LogP contribution in [-0.2, 0) is 19.1 Å². The summed E-state index contributed by atoms with van der Waals surface area (Å²) in [5.74, 6) is -0.726. The smallest absolute Gasteiger partial charge is 0.319 e. The Hall–Kier alpha value is -1.53. The molecule has 0 fully saturated rings. The minimum atomic E-state index is -0.812. The zero-order valence-electron chi connectivity index (χ0n) is 12.5. The van der Waals surface area contributed by atoms with E-state index in [1.807, 2.05) is 30.3 Å². The Labute approximate surface area is 129 Å². The van der Waals surface area contributed by atoms with Gasteiger partial charge in [-0.05, 0) is 26.0 Å². The predicted octanol–water partition coefficient (Wildman–Crippen LogP) is 1.86. The molecule has 0 spiro atoms. The van der Waals surface area contributed by atoms with Crippen LogP contribution >= 0.6 is 11.8 Å². The van der Waals surface area contributed by atoms with Crippen molar-refractivity contribution in [2.45, 2.75) is 30.1 Å². The second kappa shape index (κ2) is 9.41. The van der Waals surface area contributed by atoms with Gasteiger partial charge in [-0.15, -0.1) is 11.8 Å². The Morgan fingerprint density at radius 3 is 2.52 bits per heavy atom. The Balaban J connectivity index is 2.39. The molecule has 1 N–H and O–H groups in total. The summed E-state index contributed by atoms with van der Waals surface area (Å²) >= 11 is 1.40. The Bertz CT molecular complexity index is 452. The number of rotatable bonds is 8. The number of esters is 1. The molecule has 0 radical (unpaired) electrons. The molecule has 1 aromatic rings. The highest BCUT2D eigenvalue weighted by atomic mass is 32.2. The lowest BCUT2D eigenvalue weighted by molar-refractivity contribution is -0.154. The minimum absolute atomic E-state index is 0.322. The van der Waals surface area contributed by atoms with Gasteiger partial charge in [0, 0.05) is 18.6 Å². The van der Waals surface area contributed by atoms with Crippen LogP contribution < -0.4 is 5.32 Å². The van der Waals surface area contributed by atoms with Gasteiger partial charge in [0.25, 0.3) is 5.91 Å². The molecule has 0 aliphatic heterocycles. The van der Waals surface area contributed by atoms with Gasteiger partial charge in [-0.25, -0.2) is 0 Å². The van der Waals surface area contributed by atoms with Crippen LogP contribution in [0.15, 0.2) is 35.2 Å². The third-order valence-corrected chi connectivity index (χ3v) is 3.75. The van der Waals surface area contributed by atoms with E-state index in [9.17, 15) is 9.59 Å². The third kappa shape index (κ3) is 6.64. The highest BCUT2D eigenvalue weighted by Gasteiger charge is 2.22. The molecule has 0 saturated heterocycles. The molecule has 1 amide bonds. The molecule has 116 valence electrons. The zero-order valence-corrected chi connectivity index (χ0v) is 13.3. The number of nitrogens with one attached hydrogen (secondary N) is 1.